The molecule has 5 N–H and O–H groups in total. The number of aromatic hydroxyl groups is 1. The number of nitrogens with two attached hydrogens (primary N) is 1. The minimum absolute atomic E-state index is 0.0576. The van der Waals surface area contributed by atoms with Gasteiger partial charge in [-0.1, -0.05) is 0 Å². The molecule has 1 aromatic heterocycles. The van der Waals surface area contributed by atoms with Gasteiger partial charge in [-0.2, -0.15) is 0 Å². The summed E-state index contributed by atoms with van der Waals surface area (Å²) in [5.41, 5.74) is 5.87. The lowest BCUT2D eigenvalue weighted by Gasteiger charge is -2.04. The second-order valence-corrected chi connectivity index (χ2v) is 4.19. The molecule has 0 spiro atoms. The van der Waals surface area contributed by atoms with Crippen molar-refractivity contribution in [2.75, 3.05) is 0 Å². The van der Waals surface area contributed by atoms with Gasteiger partial charge >= 0.3 is 5.97 Å². The van der Waals surface area contributed by atoms with Crippen LogP contribution in [0.4, 0.5) is 0 Å². The zero-order valence-electron chi connectivity index (χ0n) is 10.1. The third-order valence-corrected chi connectivity index (χ3v) is 2.75. The first-order valence-electron chi connectivity index (χ1n) is 5.84. The third kappa shape index (κ3) is 4.31. The summed E-state index contributed by atoms with van der Waals surface area (Å²) >= 11 is 0. The predicted molar refractivity (Wildman–Crippen MR) is 63.7 cm³/mol. The molecule has 0 aromatic carbocycles. The Morgan fingerprint density at radius 3 is 2.72 bits per heavy atom. The molecule has 0 aliphatic rings. The van der Waals surface area contributed by atoms with E-state index in [1.807, 2.05) is 0 Å². The number of nitrogens with zero attached hydrogens (tertiary/aromatic N) is 1. The van der Waals surface area contributed by atoms with E-state index in [-0.39, 0.29) is 12.4 Å². The van der Waals surface area contributed by atoms with E-state index in [0.29, 0.717) is 24.9 Å². The van der Waals surface area contributed by atoms with E-state index in [2.05, 4.69) is 0 Å². The van der Waals surface area contributed by atoms with Gasteiger partial charge in [0.05, 0.1) is 6.61 Å². The maximum atomic E-state index is 10.5. The fraction of sp³-hybridized carbons (Fsp3) is 0.500. The lowest BCUT2D eigenvalue weighted by Crippen LogP contribution is -2.33. The van der Waals surface area contributed by atoms with E-state index >= 15 is 0 Å². The summed E-state index contributed by atoms with van der Waals surface area (Å²) in [5.74, 6) is -0.921. The second kappa shape index (κ2) is 6.93. The molecular weight excluding hydrogens is 236 g/mol. The number of carbonyl (C=O) groups is 1. The van der Waals surface area contributed by atoms with Crippen molar-refractivity contribution < 1.29 is 24.7 Å². The molecule has 1 rings (SSSR count). The minimum Gasteiger partial charge on any atom is -0.502 e. The molecule has 0 saturated carbocycles. The molecule has 6 heteroatoms. The largest absolute Gasteiger partial charge is 0.502 e. The number of hydrogen-bond donors (Lipinski definition) is 4. The number of aliphatic hydroxyl groups excluding tert-OH is 1. The van der Waals surface area contributed by atoms with Gasteiger partial charge in [0.15, 0.2) is 11.9 Å². The molecule has 1 atom stereocenters. The Morgan fingerprint density at radius 1 is 1.44 bits per heavy atom. The quantitative estimate of drug-likeness (QED) is 0.397. The molecule has 0 amide bonds. The number of carboxylic acid groups (broad SMARTS) is 1. The first-order chi connectivity index (χ1) is 8.54. The molecule has 1 aromatic rings. The number of rotatable bonds is 7. The summed E-state index contributed by atoms with van der Waals surface area (Å²) in [4.78, 5) is 10.5. The molecule has 0 fully saturated rings. The van der Waals surface area contributed by atoms with Crippen molar-refractivity contribution in [1.82, 2.24) is 0 Å². The van der Waals surface area contributed by atoms with Gasteiger partial charge in [0.2, 0.25) is 6.20 Å². The summed E-state index contributed by atoms with van der Waals surface area (Å²) in [6.07, 6.45) is 5.24. The number of aliphatic carboxylic acids is 1. The highest BCUT2D eigenvalue weighted by atomic mass is 16.4. The molecule has 100 valence electrons. The van der Waals surface area contributed by atoms with E-state index in [1.54, 1.807) is 23.0 Å². The highest BCUT2D eigenvalue weighted by Gasteiger charge is 2.11. The van der Waals surface area contributed by atoms with Crippen molar-refractivity contribution in [3.05, 3.63) is 24.0 Å². The Labute approximate surface area is 105 Å². The Hall–Kier alpha value is -1.66. The molecule has 18 heavy (non-hydrogen) atoms. The van der Waals surface area contributed by atoms with Crippen LogP contribution in [0.2, 0.25) is 0 Å². The van der Waals surface area contributed by atoms with E-state index in [0.717, 1.165) is 6.42 Å². The Balaban J connectivity index is 2.36. The van der Waals surface area contributed by atoms with Gasteiger partial charge < -0.3 is 21.1 Å². The highest BCUT2D eigenvalue weighted by molar-refractivity contribution is 5.72. The van der Waals surface area contributed by atoms with Gasteiger partial charge in [0.1, 0.15) is 12.6 Å². The fourth-order valence-electron chi connectivity index (χ4n) is 1.61. The van der Waals surface area contributed by atoms with E-state index in [4.69, 9.17) is 15.9 Å². The Kier molecular flexibility index (Phi) is 5.54. The van der Waals surface area contributed by atoms with Crippen LogP contribution in [0.1, 0.15) is 24.8 Å². The molecule has 0 aliphatic carbocycles. The minimum atomic E-state index is -0.979. The number of pyridine rings is 1. The van der Waals surface area contributed by atoms with Gasteiger partial charge in [0.25, 0.3) is 0 Å². The van der Waals surface area contributed by atoms with Crippen LogP contribution in [0, 0.1) is 0 Å². The van der Waals surface area contributed by atoms with E-state index < -0.39 is 12.0 Å². The summed E-state index contributed by atoms with van der Waals surface area (Å²) in [5, 5.41) is 27.0. The lowest BCUT2D eigenvalue weighted by atomic mass is 10.1. The van der Waals surface area contributed by atoms with Crippen LogP contribution in [0.25, 0.3) is 0 Å². The van der Waals surface area contributed by atoms with Crippen LogP contribution in [-0.2, 0) is 17.9 Å². The topological polar surface area (TPSA) is 108 Å². The molecule has 0 radical (unpaired) electrons. The monoisotopic (exact) mass is 255 g/mol. The second-order valence-electron chi connectivity index (χ2n) is 4.19. The highest BCUT2D eigenvalue weighted by Crippen LogP contribution is 2.12. The smallest absolute Gasteiger partial charge is 0.320 e. The maximum absolute atomic E-state index is 10.5. The van der Waals surface area contributed by atoms with Crippen molar-refractivity contribution in [3.8, 4) is 5.75 Å². The number of carboxylic acids is 1. The number of aromatic nitrogens is 1. The predicted octanol–water partition coefficient (Wildman–Crippen LogP) is -0.246. The molecular formula is C12H19N2O4+. The van der Waals surface area contributed by atoms with Gasteiger partial charge in [-0.15, -0.1) is 0 Å². The average molecular weight is 255 g/mol. The van der Waals surface area contributed by atoms with Crippen LogP contribution in [0.5, 0.6) is 5.75 Å². The van der Waals surface area contributed by atoms with Crippen molar-refractivity contribution in [3.63, 3.8) is 0 Å². The van der Waals surface area contributed by atoms with E-state index in [9.17, 15) is 9.90 Å². The number of unbranched alkanes of at least 4 members (excludes halogenated alkanes) is 1. The fourth-order valence-corrected chi connectivity index (χ4v) is 1.61. The number of aryl methyl sites for hydroxylation is 1. The number of aliphatic hydroxyl groups is 1. The first-order valence-corrected chi connectivity index (χ1v) is 5.84. The SMILES string of the molecule is N[C@@H](CCCC[n+]1ccc(CO)c(O)c1)C(=O)O. The third-order valence-electron chi connectivity index (χ3n) is 2.75. The standard InChI is InChI=1S/C12H18N2O4/c13-10(12(17)18)3-1-2-5-14-6-4-9(8-15)11(16)7-14/h4,6-7,10,15H,1-3,5,8,13H2,(H-,16,17,18)/p+1/t10-/m0/s1. The lowest BCUT2D eigenvalue weighted by molar-refractivity contribution is -0.697. The van der Waals surface area contributed by atoms with Crippen molar-refractivity contribution >= 4 is 5.97 Å². The molecule has 6 nitrogen and oxygen atoms in total. The Morgan fingerprint density at radius 2 is 2.17 bits per heavy atom. The van der Waals surface area contributed by atoms with Gasteiger partial charge in [-0.25, -0.2) is 4.57 Å². The summed E-state index contributed by atoms with van der Waals surface area (Å²) in [6, 6.07) is 0.846. The molecule has 0 bridgehead atoms. The first kappa shape index (κ1) is 14.4. The van der Waals surface area contributed by atoms with Crippen molar-refractivity contribution in [2.24, 2.45) is 5.73 Å². The van der Waals surface area contributed by atoms with Crippen molar-refractivity contribution in [1.29, 1.82) is 0 Å². The molecule has 0 aliphatic heterocycles. The molecule has 0 saturated heterocycles. The van der Waals surface area contributed by atoms with Crippen LogP contribution < -0.4 is 10.3 Å². The number of hydrogen-bond acceptors (Lipinski definition) is 4. The van der Waals surface area contributed by atoms with Crippen LogP contribution in [-0.4, -0.2) is 27.3 Å². The zero-order valence-corrected chi connectivity index (χ0v) is 10.1. The summed E-state index contributed by atoms with van der Waals surface area (Å²) in [7, 11) is 0. The normalized spacial score (nSPS) is 12.3. The van der Waals surface area contributed by atoms with Crippen LogP contribution >= 0.6 is 0 Å². The Bertz CT molecular complexity index is 409. The zero-order chi connectivity index (χ0) is 13.5. The van der Waals surface area contributed by atoms with Crippen LogP contribution in [0.15, 0.2) is 18.5 Å². The average Bonchev–Trinajstić information content (AvgIpc) is 2.34. The van der Waals surface area contributed by atoms with Gasteiger partial charge in [-0.3, -0.25) is 4.79 Å². The summed E-state index contributed by atoms with van der Waals surface area (Å²) < 4.78 is 1.79. The molecule has 0 unspecified atom stereocenters. The maximum Gasteiger partial charge on any atom is 0.320 e. The van der Waals surface area contributed by atoms with Crippen molar-refractivity contribution in [2.45, 2.75) is 38.5 Å². The molecule has 1 heterocycles. The van der Waals surface area contributed by atoms with Gasteiger partial charge in [-0.05, 0) is 12.8 Å². The van der Waals surface area contributed by atoms with E-state index in [1.165, 1.54) is 0 Å². The summed E-state index contributed by atoms with van der Waals surface area (Å²) in [6.45, 7) is 0.478. The van der Waals surface area contributed by atoms with Crippen LogP contribution in [0.3, 0.4) is 0 Å². The van der Waals surface area contributed by atoms with Gasteiger partial charge in [0, 0.05) is 18.1 Å².